The maximum Gasteiger partial charge on any atom is 0.325 e. The summed E-state index contributed by atoms with van der Waals surface area (Å²) in [6.07, 6.45) is -1.18. The van der Waals surface area contributed by atoms with Gasteiger partial charge < -0.3 is 19.1 Å². The Morgan fingerprint density at radius 2 is 2.38 bits per heavy atom. The average Bonchev–Trinajstić information content (AvgIpc) is 2.54. The number of fused-ring (bicyclic) bond motifs is 2. The van der Waals surface area contributed by atoms with Gasteiger partial charge in [0.25, 0.3) is 0 Å². The zero-order valence-electron chi connectivity index (χ0n) is 9.16. The number of ether oxygens (including phenoxy) is 3. The molecule has 2 unspecified atom stereocenters. The SMILES string of the molecule is [B][C@@H]1O[C@@]2(COC)COC1[C@H]2OP(C)(=O)O. The summed E-state index contributed by atoms with van der Waals surface area (Å²) >= 11 is 0. The molecule has 0 spiro atoms. The quantitative estimate of drug-likeness (QED) is 0.533. The molecule has 5 atom stereocenters. The summed E-state index contributed by atoms with van der Waals surface area (Å²) < 4.78 is 32.3. The number of rotatable bonds is 4. The van der Waals surface area contributed by atoms with Crippen LogP contribution in [0.15, 0.2) is 0 Å². The molecular weight excluding hydrogens is 234 g/mol. The molecule has 2 radical (unpaired) electrons. The highest BCUT2D eigenvalue weighted by Crippen LogP contribution is 2.49. The molecule has 2 aliphatic rings. The van der Waals surface area contributed by atoms with Crippen molar-refractivity contribution in [3.05, 3.63) is 0 Å². The molecule has 2 fully saturated rings. The molecule has 90 valence electrons. The number of hydrogen-bond donors (Lipinski definition) is 1. The van der Waals surface area contributed by atoms with E-state index in [4.69, 9.17) is 26.6 Å². The second kappa shape index (κ2) is 4.08. The van der Waals surface area contributed by atoms with Crippen LogP contribution >= 0.6 is 7.60 Å². The Morgan fingerprint density at radius 3 is 2.88 bits per heavy atom. The lowest BCUT2D eigenvalue weighted by atomic mass is 9.92. The maximum atomic E-state index is 11.3. The lowest BCUT2D eigenvalue weighted by molar-refractivity contribution is -0.141. The van der Waals surface area contributed by atoms with Crippen LogP contribution < -0.4 is 0 Å². The first kappa shape index (κ1) is 12.5. The molecule has 0 aliphatic carbocycles. The van der Waals surface area contributed by atoms with Gasteiger partial charge in [-0.3, -0.25) is 9.09 Å². The standard InChI is InChI=1S/C8H14BO6P/c1-12-3-8-4-13-5(7(9)14-8)6(8)15-16(2,10)11/h5-7H,3-4H2,1-2H3,(H,10,11)/t5?,6-,7-,8+/m1/s1. The fourth-order valence-corrected chi connectivity index (χ4v) is 2.91. The van der Waals surface area contributed by atoms with Gasteiger partial charge in [-0.05, 0) is 0 Å². The van der Waals surface area contributed by atoms with Crippen molar-refractivity contribution in [2.45, 2.75) is 23.8 Å². The van der Waals surface area contributed by atoms with E-state index in [1.807, 2.05) is 0 Å². The minimum atomic E-state index is -3.61. The molecule has 2 saturated heterocycles. The average molecular weight is 248 g/mol. The molecular formula is C8H14BO6P. The fraction of sp³-hybridized carbons (Fsp3) is 1.00. The van der Waals surface area contributed by atoms with Gasteiger partial charge in [0.2, 0.25) is 0 Å². The van der Waals surface area contributed by atoms with Crippen molar-refractivity contribution >= 4 is 15.4 Å². The van der Waals surface area contributed by atoms with Crippen LogP contribution in [-0.4, -0.2) is 63.5 Å². The van der Waals surface area contributed by atoms with Gasteiger partial charge >= 0.3 is 7.60 Å². The second-order valence-corrected chi connectivity index (χ2v) is 6.00. The van der Waals surface area contributed by atoms with Crippen LogP contribution in [0.3, 0.4) is 0 Å². The maximum absolute atomic E-state index is 11.3. The molecule has 0 amide bonds. The van der Waals surface area contributed by atoms with E-state index >= 15 is 0 Å². The van der Waals surface area contributed by atoms with Gasteiger partial charge in [-0.15, -0.1) is 0 Å². The molecule has 2 bridgehead atoms. The third kappa shape index (κ3) is 2.08. The molecule has 16 heavy (non-hydrogen) atoms. The van der Waals surface area contributed by atoms with E-state index in [1.54, 1.807) is 0 Å². The Bertz CT molecular complexity index is 320. The van der Waals surface area contributed by atoms with Crippen molar-refractivity contribution in [2.24, 2.45) is 0 Å². The summed E-state index contributed by atoms with van der Waals surface area (Å²) in [5.41, 5.74) is -0.868. The highest BCUT2D eigenvalue weighted by molar-refractivity contribution is 7.51. The van der Waals surface area contributed by atoms with Gasteiger partial charge in [0.05, 0.1) is 13.2 Å². The van der Waals surface area contributed by atoms with Gasteiger partial charge in [-0.1, -0.05) is 0 Å². The Balaban J connectivity index is 2.19. The van der Waals surface area contributed by atoms with Crippen molar-refractivity contribution in [3.8, 4) is 0 Å². The van der Waals surface area contributed by atoms with Crippen LogP contribution in [0.1, 0.15) is 0 Å². The van der Waals surface area contributed by atoms with Gasteiger partial charge in [-0.2, -0.15) is 0 Å². The predicted octanol–water partition coefficient (Wildman–Crippen LogP) is -0.504. The zero-order chi connectivity index (χ0) is 12.0. The first-order chi connectivity index (χ1) is 7.38. The first-order valence-corrected chi connectivity index (χ1v) is 6.93. The van der Waals surface area contributed by atoms with E-state index in [1.165, 1.54) is 7.11 Å². The minimum Gasteiger partial charge on any atom is -0.381 e. The van der Waals surface area contributed by atoms with Crippen molar-refractivity contribution < 1.29 is 28.2 Å². The first-order valence-electron chi connectivity index (χ1n) is 4.90. The summed E-state index contributed by atoms with van der Waals surface area (Å²) in [5, 5.41) is 0. The second-order valence-electron chi connectivity index (χ2n) is 4.18. The Morgan fingerprint density at radius 1 is 1.69 bits per heavy atom. The lowest BCUT2D eigenvalue weighted by Crippen LogP contribution is -2.45. The molecule has 2 rings (SSSR count). The van der Waals surface area contributed by atoms with E-state index in [-0.39, 0.29) is 13.2 Å². The minimum absolute atomic E-state index is 0.210. The molecule has 0 saturated carbocycles. The van der Waals surface area contributed by atoms with Gasteiger partial charge in [0.1, 0.15) is 25.7 Å². The summed E-state index contributed by atoms with van der Waals surface area (Å²) in [5.74, 6) is 0. The predicted molar refractivity (Wildman–Crippen MR) is 55.6 cm³/mol. The van der Waals surface area contributed by atoms with Gasteiger partial charge in [-0.25, -0.2) is 0 Å². The van der Waals surface area contributed by atoms with E-state index in [0.717, 1.165) is 6.66 Å². The highest BCUT2D eigenvalue weighted by atomic mass is 31.2. The lowest BCUT2D eigenvalue weighted by Gasteiger charge is -2.30. The van der Waals surface area contributed by atoms with Crippen LogP contribution in [0, 0.1) is 0 Å². The van der Waals surface area contributed by atoms with Gasteiger partial charge in [0.15, 0.2) is 0 Å². The number of hydrogen-bond acceptors (Lipinski definition) is 5. The van der Waals surface area contributed by atoms with Gasteiger partial charge in [0, 0.05) is 19.8 Å². The van der Waals surface area contributed by atoms with Crippen molar-refractivity contribution in [1.82, 2.24) is 0 Å². The van der Waals surface area contributed by atoms with Crippen LogP contribution in [0.2, 0.25) is 0 Å². The van der Waals surface area contributed by atoms with Crippen LogP contribution in [0.5, 0.6) is 0 Å². The normalized spacial score (nSPS) is 45.8. The van der Waals surface area contributed by atoms with Crippen molar-refractivity contribution in [1.29, 1.82) is 0 Å². The monoisotopic (exact) mass is 248 g/mol. The zero-order valence-corrected chi connectivity index (χ0v) is 10.1. The molecule has 0 aromatic heterocycles. The van der Waals surface area contributed by atoms with E-state index in [0.29, 0.717) is 0 Å². The Kier molecular flexibility index (Phi) is 3.20. The Hall–Kier alpha value is 0.0949. The van der Waals surface area contributed by atoms with Crippen LogP contribution in [-0.2, 0) is 23.3 Å². The van der Waals surface area contributed by atoms with Crippen molar-refractivity contribution in [2.75, 3.05) is 27.0 Å². The smallest absolute Gasteiger partial charge is 0.325 e. The fourth-order valence-electron chi connectivity index (χ4n) is 2.18. The highest BCUT2D eigenvalue weighted by Gasteiger charge is 2.61. The van der Waals surface area contributed by atoms with E-state index in [9.17, 15) is 9.46 Å². The molecule has 6 nitrogen and oxygen atoms in total. The van der Waals surface area contributed by atoms with Crippen LogP contribution in [0.4, 0.5) is 0 Å². The topological polar surface area (TPSA) is 74.2 Å². The molecule has 2 aliphatic heterocycles. The molecule has 0 aromatic rings. The largest absolute Gasteiger partial charge is 0.381 e. The molecule has 1 N–H and O–H groups in total. The van der Waals surface area contributed by atoms with E-state index in [2.05, 4.69) is 0 Å². The summed E-state index contributed by atoms with van der Waals surface area (Å²) in [4.78, 5) is 9.25. The van der Waals surface area contributed by atoms with Crippen LogP contribution in [0.25, 0.3) is 0 Å². The Labute approximate surface area is 95.1 Å². The number of methoxy groups -OCH3 is 1. The third-order valence-electron chi connectivity index (χ3n) is 2.73. The van der Waals surface area contributed by atoms with Crippen molar-refractivity contribution in [3.63, 3.8) is 0 Å². The summed E-state index contributed by atoms with van der Waals surface area (Å²) in [7, 11) is 3.59. The molecule has 0 aromatic carbocycles. The molecule has 8 heteroatoms. The summed E-state index contributed by atoms with van der Waals surface area (Å²) in [6, 6.07) is -0.652. The van der Waals surface area contributed by atoms with E-state index < -0.39 is 31.4 Å². The summed E-state index contributed by atoms with van der Waals surface area (Å²) in [6.45, 7) is 1.59. The third-order valence-corrected chi connectivity index (χ3v) is 3.35. The molecule has 2 heterocycles.